The topological polar surface area (TPSA) is 54.6 Å². The highest BCUT2D eigenvalue weighted by atomic mass is 16.5. The highest BCUT2D eigenvalue weighted by Crippen LogP contribution is 2.21. The molecule has 0 saturated carbocycles. The minimum Gasteiger partial charge on any atom is -0.492 e. The van der Waals surface area contributed by atoms with Gasteiger partial charge in [-0.3, -0.25) is 9.80 Å². The predicted molar refractivity (Wildman–Crippen MR) is 101 cm³/mol. The maximum Gasteiger partial charge on any atom is 0.240 e. The monoisotopic (exact) mass is 358 g/mol. The van der Waals surface area contributed by atoms with Crippen LogP contribution in [0, 0.1) is 12.8 Å². The number of rotatable bonds is 8. The third kappa shape index (κ3) is 5.54. The highest BCUT2D eigenvalue weighted by Gasteiger charge is 2.16. The quantitative estimate of drug-likeness (QED) is 0.723. The van der Waals surface area contributed by atoms with Crippen LogP contribution in [0.3, 0.4) is 0 Å². The Labute approximate surface area is 156 Å². The minimum atomic E-state index is 0.626. The first-order valence-corrected chi connectivity index (χ1v) is 9.51. The van der Waals surface area contributed by atoms with Crippen LogP contribution in [0.15, 0.2) is 28.8 Å². The summed E-state index contributed by atoms with van der Waals surface area (Å²) in [7, 11) is 2.05. The Balaban J connectivity index is 1.50. The molecular formula is C20H30N4O2. The SMILES string of the molecule is Cc1noc(CN(C)Cc2ccccc2OCCN2CCCC(C)C2)n1. The first kappa shape index (κ1) is 18.9. The van der Waals surface area contributed by atoms with E-state index in [1.807, 2.05) is 20.0 Å². The van der Waals surface area contributed by atoms with Crippen molar-refractivity contribution in [3.63, 3.8) is 0 Å². The lowest BCUT2D eigenvalue weighted by molar-refractivity contribution is 0.152. The molecule has 1 fully saturated rings. The molecule has 1 atom stereocenters. The normalized spacial score (nSPS) is 18.4. The van der Waals surface area contributed by atoms with E-state index in [9.17, 15) is 0 Å². The summed E-state index contributed by atoms with van der Waals surface area (Å²) < 4.78 is 11.3. The van der Waals surface area contributed by atoms with Gasteiger partial charge in [0, 0.05) is 25.2 Å². The van der Waals surface area contributed by atoms with E-state index in [0.717, 1.165) is 31.4 Å². The molecule has 1 saturated heterocycles. The van der Waals surface area contributed by atoms with Crippen molar-refractivity contribution in [2.45, 2.75) is 39.8 Å². The van der Waals surface area contributed by atoms with Crippen molar-refractivity contribution in [1.29, 1.82) is 0 Å². The second-order valence-corrected chi connectivity index (χ2v) is 7.41. The number of ether oxygens (including phenoxy) is 1. The standard InChI is InChI=1S/C20H30N4O2/c1-16-7-6-10-24(13-16)11-12-25-19-9-5-4-8-18(19)14-23(3)15-20-21-17(2)22-26-20/h4-5,8-9,16H,6-7,10-15H2,1-3H3. The predicted octanol–water partition coefficient (Wildman–Crippen LogP) is 3.12. The third-order valence-corrected chi connectivity index (χ3v) is 4.79. The fourth-order valence-electron chi connectivity index (χ4n) is 3.53. The molecule has 1 aliphatic heterocycles. The van der Waals surface area contributed by atoms with Crippen LogP contribution in [-0.2, 0) is 13.1 Å². The fourth-order valence-corrected chi connectivity index (χ4v) is 3.53. The molecule has 0 aliphatic carbocycles. The number of benzene rings is 1. The number of likely N-dealkylation sites (tertiary alicyclic amines) is 1. The lowest BCUT2D eigenvalue weighted by Gasteiger charge is -2.30. The van der Waals surface area contributed by atoms with Gasteiger partial charge in [-0.05, 0) is 45.3 Å². The average molecular weight is 358 g/mol. The van der Waals surface area contributed by atoms with Crippen molar-refractivity contribution >= 4 is 0 Å². The maximum absolute atomic E-state index is 6.11. The van der Waals surface area contributed by atoms with Crippen LogP contribution >= 0.6 is 0 Å². The van der Waals surface area contributed by atoms with E-state index >= 15 is 0 Å². The molecule has 0 spiro atoms. The minimum absolute atomic E-state index is 0.626. The number of hydrogen-bond acceptors (Lipinski definition) is 6. The van der Waals surface area contributed by atoms with Gasteiger partial charge in [-0.1, -0.05) is 30.3 Å². The Kier molecular flexibility index (Phi) is 6.63. The van der Waals surface area contributed by atoms with Crippen LogP contribution in [0.1, 0.15) is 37.0 Å². The molecule has 3 rings (SSSR count). The van der Waals surface area contributed by atoms with Gasteiger partial charge in [0.25, 0.3) is 0 Å². The van der Waals surface area contributed by atoms with E-state index in [-0.39, 0.29) is 0 Å². The van der Waals surface area contributed by atoms with Gasteiger partial charge in [-0.15, -0.1) is 0 Å². The molecule has 0 bridgehead atoms. The van der Waals surface area contributed by atoms with E-state index in [1.54, 1.807) is 0 Å². The van der Waals surface area contributed by atoms with Crippen LogP contribution < -0.4 is 4.74 Å². The van der Waals surface area contributed by atoms with Gasteiger partial charge < -0.3 is 9.26 Å². The summed E-state index contributed by atoms with van der Waals surface area (Å²) in [5, 5.41) is 3.84. The number of aromatic nitrogens is 2. The molecule has 6 nitrogen and oxygen atoms in total. The van der Waals surface area contributed by atoms with Gasteiger partial charge >= 0.3 is 0 Å². The molecule has 142 valence electrons. The Bertz CT molecular complexity index is 688. The van der Waals surface area contributed by atoms with Crippen molar-refractivity contribution in [2.75, 3.05) is 33.3 Å². The molecule has 0 amide bonds. The summed E-state index contributed by atoms with van der Waals surface area (Å²) in [4.78, 5) is 8.93. The van der Waals surface area contributed by atoms with Gasteiger partial charge in [-0.2, -0.15) is 4.98 Å². The van der Waals surface area contributed by atoms with Crippen LogP contribution in [0.4, 0.5) is 0 Å². The van der Waals surface area contributed by atoms with Crippen molar-refractivity contribution in [1.82, 2.24) is 19.9 Å². The Morgan fingerprint density at radius 2 is 2.15 bits per heavy atom. The summed E-state index contributed by atoms with van der Waals surface area (Å²) >= 11 is 0. The molecule has 2 aromatic rings. The largest absolute Gasteiger partial charge is 0.492 e. The van der Waals surface area contributed by atoms with E-state index in [0.29, 0.717) is 18.3 Å². The van der Waals surface area contributed by atoms with Crippen molar-refractivity contribution in [2.24, 2.45) is 5.92 Å². The first-order valence-electron chi connectivity index (χ1n) is 9.51. The van der Waals surface area contributed by atoms with Crippen molar-refractivity contribution in [3.8, 4) is 5.75 Å². The zero-order valence-electron chi connectivity index (χ0n) is 16.1. The van der Waals surface area contributed by atoms with E-state index < -0.39 is 0 Å². The summed E-state index contributed by atoms with van der Waals surface area (Å²) in [5.74, 6) is 3.08. The van der Waals surface area contributed by atoms with Gasteiger partial charge in [-0.25, -0.2) is 0 Å². The first-order chi connectivity index (χ1) is 12.6. The highest BCUT2D eigenvalue weighted by molar-refractivity contribution is 5.33. The molecule has 0 N–H and O–H groups in total. The molecular weight excluding hydrogens is 328 g/mol. The van der Waals surface area contributed by atoms with Crippen molar-refractivity contribution < 1.29 is 9.26 Å². The Hall–Kier alpha value is -1.92. The van der Waals surface area contributed by atoms with Crippen LogP contribution in [-0.4, -0.2) is 53.2 Å². The Morgan fingerprint density at radius 3 is 2.92 bits per heavy atom. The molecule has 1 aliphatic rings. The van der Waals surface area contributed by atoms with Crippen LogP contribution in [0.25, 0.3) is 0 Å². The zero-order valence-corrected chi connectivity index (χ0v) is 16.1. The van der Waals surface area contributed by atoms with E-state index in [1.165, 1.54) is 31.5 Å². The summed E-state index contributed by atoms with van der Waals surface area (Å²) in [6, 6.07) is 8.26. The van der Waals surface area contributed by atoms with Gasteiger partial charge in [0.15, 0.2) is 5.82 Å². The average Bonchev–Trinajstić information content (AvgIpc) is 3.01. The molecule has 1 aromatic heterocycles. The molecule has 1 unspecified atom stereocenters. The second-order valence-electron chi connectivity index (χ2n) is 7.41. The molecule has 6 heteroatoms. The molecule has 0 radical (unpaired) electrons. The van der Waals surface area contributed by atoms with Crippen molar-refractivity contribution in [3.05, 3.63) is 41.5 Å². The number of para-hydroxylation sites is 1. The third-order valence-electron chi connectivity index (χ3n) is 4.79. The number of nitrogens with zero attached hydrogens (tertiary/aromatic N) is 4. The summed E-state index contributed by atoms with van der Waals surface area (Å²) in [5.41, 5.74) is 1.18. The second kappa shape index (κ2) is 9.14. The lowest BCUT2D eigenvalue weighted by Crippen LogP contribution is -2.37. The zero-order chi connectivity index (χ0) is 18.4. The number of piperidine rings is 1. The fraction of sp³-hybridized carbons (Fsp3) is 0.600. The van der Waals surface area contributed by atoms with Gasteiger partial charge in [0.2, 0.25) is 5.89 Å². The Morgan fingerprint density at radius 1 is 1.31 bits per heavy atom. The molecule has 26 heavy (non-hydrogen) atoms. The van der Waals surface area contributed by atoms with E-state index in [2.05, 4.69) is 45.1 Å². The summed E-state index contributed by atoms with van der Waals surface area (Å²) in [6.45, 7) is 9.69. The smallest absolute Gasteiger partial charge is 0.240 e. The lowest BCUT2D eigenvalue weighted by atomic mass is 10.0. The summed E-state index contributed by atoms with van der Waals surface area (Å²) in [6.07, 6.45) is 2.66. The van der Waals surface area contributed by atoms with Gasteiger partial charge in [0.1, 0.15) is 12.4 Å². The van der Waals surface area contributed by atoms with E-state index in [4.69, 9.17) is 9.26 Å². The van der Waals surface area contributed by atoms with Crippen LogP contribution in [0.2, 0.25) is 0 Å². The molecule has 1 aromatic carbocycles. The number of hydrogen-bond donors (Lipinski definition) is 0. The maximum atomic E-state index is 6.11. The number of aryl methyl sites for hydroxylation is 1. The van der Waals surface area contributed by atoms with Gasteiger partial charge in [0.05, 0.1) is 6.54 Å². The molecule has 2 heterocycles. The van der Waals surface area contributed by atoms with Crippen LogP contribution in [0.5, 0.6) is 5.75 Å².